The van der Waals surface area contributed by atoms with Gasteiger partial charge in [0, 0.05) is 29.0 Å². The topological polar surface area (TPSA) is 25.8 Å². The van der Waals surface area contributed by atoms with Gasteiger partial charge >= 0.3 is 11.5 Å². The van der Waals surface area contributed by atoms with E-state index in [0.717, 1.165) is 106 Å². The molecule has 8 aromatic carbocycles. The number of halogens is 1. The first-order valence-corrected chi connectivity index (χ1v) is 27.1. The van der Waals surface area contributed by atoms with Crippen molar-refractivity contribution in [2.75, 3.05) is 0 Å². The molecule has 0 radical (unpaired) electrons. The molecule has 0 saturated carbocycles. The smallest absolute Gasteiger partial charge is 0.364 e. The number of furan rings is 1. The molecule has 6 heteroatoms. The number of aryl methyl sites for hydroxylation is 1. The average Bonchev–Trinajstić information content (AvgIpc) is 4.07. The molecular weight excluding hydrogens is 850 g/mol. The number of imidazole rings is 1. The third-order valence-corrected chi connectivity index (χ3v) is 16.6. The summed E-state index contributed by atoms with van der Waals surface area (Å²) in [6, 6.07) is 63.7. The monoisotopic (exact) mass is 900 g/mol. The summed E-state index contributed by atoms with van der Waals surface area (Å²) < 4.78 is 41.6. The van der Waals surface area contributed by atoms with Gasteiger partial charge in [0.25, 0.3) is 0 Å². The molecule has 0 amide bonds. The van der Waals surface area contributed by atoms with Gasteiger partial charge in [-0.25, -0.2) is 4.39 Å². The van der Waals surface area contributed by atoms with Gasteiger partial charge < -0.3 is 4.42 Å². The van der Waals surface area contributed by atoms with E-state index < -0.39 is 19.6 Å². The van der Waals surface area contributed by atoms with E-state index in [9.17, 15) is 1.37 Å². The van der Waals surface area contributed by atoms with Crippen LogP contribution in [0.3, 0.4) is 0 Å². The van der Waals surface area contributed by atoms with Crippen LogP contribution in [0, 0.1) is 12.7 Å². The van der Waals surface area contributed by atoms with Crippen LogP contribution in [-0.4, -0.2) is 12.6 Å². The first-order chi connectivity index (χ1) is 33.3. The first-order valence-electron chi connectivity index (χ1n) is 24.1. The lowest BCUT2D eigenvalue weighted by Gasteiger charge is -2.25. The molecule has 1 spiro atoms. The number of hydrogen-bond acceptors (Lipinski definition) is 1. The van der Waals surface area contributed by atoms with Gasteiger partial charge in [-0.05, 0) is 107 Å². The Morgan fingerprint density at radius 3 is 2.06 bits per heavy atom. The molecule has 0 aliphatic carbocycles. The summed E-state index contributed by atoms with van der Waals surface area (Å²) >= 11 is 0. The van der Waals surface area contributed by atoms with Crippen molar-refractivity contribution in [1.29, 1.82) is 0 Å². The summed E-state index contributed by atoms with van der Waals surface area (Å²) in [6.45, 7) is 13.2. The van der Waals surface area contributed by atoms with Crippen LogP contribution in [0.4, 0.5) is 4.39 Å². The van der Waals surface area contributed by atoms with Gasteiger partial charge in [0.15, 0.2) is 23.1 Å². The van der Waals surface area contributed by atoms with Crippen molar-refractivity contribution in [3.63, 3.8) is 0 Å². The van der Waals surface area contributed by atoms with Crippen molar-refractivity contribution in [3.8, 4) is 61.7 Å². The molecule has 2 aliphatic heterocycles. The summed E-state index contributed by atoms with van der Waals surface area (Å²) in [5, 5.41) is 3.23. The van der Waals surface area contributed by atoms with E-state index in [0.29, 0.717) is 5.52 Å². The number of rotatable bonds is 6. The van der Waals surface area contributed by atoms with E-state index >= 15 is 4.39 Å². The molecular formula is C62H50FN3OSi+2. The van der Waals surface area contributed by atoms with Gasteiger partial charge in [-0.3, -0.25) is 0 Å². The maximum absolute atomic E-state index is 17.7. The van der Waals surface area contributed by atoms with Crippen molar-refractivity contribution in [3.05, 3.63) is 216 Å². The molecule has 68 heavy (non-hydrogen) atoms. The summed E-state index contributed by atoms with van der Waals surface area (Å²) in [5.74, 6) is -0.345. The molecule has 5 heterocycles. The Morgan fingerprint density at radius 1 is 0.632 bits per heavy atom. The Labute approximate surface area is 398 Å². The minimum atomic E-state index is -2.11. The van der Waals surface area contributed by atoms with Crippen molar-refractivity contribution >= 4 is 46.2 Å². The SMILES string of the molecule is [2H]C(C)(C)c1cc2[n+](cc1[Si](C)(C)C)C1(c3ccccc3-2)c2ccc3c(oc4ccc(-c5ccc(C)cc5)cc43)c2-c2n(-c3cc(-c4ccccc4)ccc3-c3ccccc3)c3c(F)cccc3[n+]21. The molecule has 0 saturated heterocycles. The molecule has 1 atom stereocenters. The van der Waals surface area contributed by atoms with Crippen LogP contribution in [0.15, 0.2) is 193 Å². The Morgan fingerprint density at radius 2 is 1.31 bits per heavy atom. The minimum Gasteiger partial charge on any atom is -0.455 e. The maximum atomic E-state index is 17.7. The van der Waals surface area contributed by atoms with E-state index in [2.05, 4.69) is 204 Å². The fourth-order valence-electron chi connectivity index (χ4n) is 11.5. The van der Waals surface area contributed by atoms with Gasteiger partial charge in [0.05, 0.1) is 24.8 Å². The molecule has 0 N–H and O–H groups in total. The van der Waals surface area contributed by atoms with Crippen molar-refractivity contribution in [2.45, 2.75) is 52.0 Å². The van der Waals surface area contributed by atoms with Crippen LogP contribution in [0.2, 0.25) is 19.6 Å². The lowest BCUT2D eigenvalue weighted by molar-refractivity contribution is -0.944. The van der Waals surface area contributed by atoms with Crippen molar-refractivity contribution in [1.82, 2.24) is 4.57 Å². The van der Waals surface area contributed by atoms with Crippen LogP contribution in [-0.2, 0) is 5.66 Å². The van der Waals surface area contributed by atoms with Crippen LogP contribution < -0.4 is 14.3 Å². The fraction of sp³-hybridized carbons (Fsp3) is 0.129. The van der Waals surface area contributed by atoms with Gasteiger partial charge in [-0.1, -0.05) is 154 Å². The van der Waals surface area contributed by atoms with Crippen LogP contribution in [0.25, 0.3) is 94.7 Å². The molecule has 1 unspecified atom stereocenters. The molecule has 328 valence electrons. The van der Waals surface area contributed by atoms with E-state index in [1.54, 1.807) is 6.07 Å². The first kappa shape index (κ1) is 39.5. The quantitative estimate of drug-likeness (QED) is 0.121. The zero-order chi connectivity index (χ0) is 47.1. The number of benzene rings is 8. The predicted molar refractivity (Wildman–Crippen MR) is 278 cm³/mol. The Hall–Kier alpha value is -7.67. The van der Waals surface area contributed by atoms with Crippen molar-refractivity contribution in [2.24, 2.45) is 0 Å². The molecule has 13 rings (SSSR count). The lowest BCUT2D eigenvalue weighted by atomic mass is 9.88. The average molecular weight is 901 g/mol. The number of nitrogens with zero attached hydrogens (tertiary/aromatic N) is 3. The molecule has 2 aliphatic rings. The standard InChI is InChI=1S/C62H50FN3OSi/c1-38(2)48-36-54-47-20-13-14-21-50(47)62(64(54)37-57(48)68(4,5)6)51-32-31-46-49-34-43(41-26-24-39(3)25-27-41)29-33-56(49)67-60(46)58(51)61-65(59-52(63)22-15-23-53(59)66(61)62)55-35-44(40-16-9-7-10-17-40)28-30-45(55)42-18-11-8-12-19-42/h7-38H,1-6H3/q+2/i38D. The van der Waals surface area contributed by atoms with Gasteiger partial charge in [-0.2, -0.15) is 4.57 Å². The number of aromatic nitrogens is 3. The fourth-order valence-corrected chi connectivity index (χ4v) is 13.1. The summed E-state index contributed by atoms with van der Waals surface area (Å²) in [5.41, 5.74) is 16.3. The van der Waals surface area contributed by atoms with E-state index in [4.69, 9.17) is 4.42 Å². The highest BCUT2D eigenvalue weighted by molar-refractivity contribution is 6.89. The van der Waals surface area contributed by atoms with Crippen LogP contribution in [0.5, 0.6) is 0 Å². The molecule has 3 aromatic heterocycles. The zero-order valence-corrected chi connectivity index (χ0v) is 40.0. The molecule has 4 nitrogen and oxygen atoms in total. The Bertz CT molecular complexity index is 3940. The largest absolute Gasteiger partial charge is 0.455 e. The van der Waals surface area contributed by atoms with Crippen molar-refractivity contribution < 1.29 is 19.3 Å². The highest BCUT2D eigenvalue weighted by Gasteiger charge is 2.67. The number of fused-ring (bicyclic) bond motifs is 16. The second-order valence-corrected chi connectivity index (χ2v) is 25.0. The van der Waals surface area contributed by atoms with E-state index in [-0.39, 0.29) is 5.82 Å². The summed E-state index contributed by atoms with van der Waals surface area (Å²) in [4.78, 5) is 0. The van der Waals surface area contributed by atoms with Crippen LogP contribution >= 0.6 is 0 Å². The number of para-hydroxylation sites is 1. The van der Waals surface area contributed by atoms with Gasteiger partial charge in [0.2, 0.25) is 11.2 Å². The number of hydrogen-bond donors (Lipinski definition) is 0. The van der Waals surface area contributed by atoms with Gasteiger partial charge in [0.1, 0.15) is 16.8 Å². The Balaban J connectivity index is 1.24. The summed E-state index contributed by atoms with van der Waals surface area (Å²) in [7, 11) is -2.11. The highest BCUT2D eigenvalue weighted by atomic mass is 28.3. The molecule has 0 bridgehead atoms. The highest BCUT2D eigenvalue weighted by Crippen LogP contribution is 2.53. The normalized spacial score (nSPS) is 15.2. The second kappa shape index (κ2) is 14.7. The Kier molecular flexibility index (Phi) is 8.51. The third kappa shape index (κ3) is 5.64. The second-order valence-electron chi connectivity index (χ2n) is 19.9. The van der Waals surface area contributed by atoms with Gasteiger partial charge in [-0.15, -0.1) is 9.13 Å². The van der Waals surface area contributed by atoms with E-state index in [1.165, 1.54) is 10.8 Å². The number of pyridine rings is 1. The molecule has 11 aromatic rings. The van der Waals surface area contributed by atoms with Crippen LogP contribution in [0.1, 0.15) is 43.4 Å². The maximum Gasteiger partial charge on any atom is 0.364 e. The third-order valence-electron chi connectivity index (χ3n) is 14.6. The predicted octanol–water partition coefficient (Wildman–Crippen LogP) is 14.5. The molecule has 0 fully saturated rings. The summed E-state index contributed by atoms with van der Waals surface area (Å²) in [6.07, 6.45) is 2.36. The lowest BCUT2D eigenvalue weighted by Crippen LogP contribution is -2.72. The minimum absolute atomic E-state index is 0.319. The zero-order valence-electron chi connectivity index (χ0n) is 40.0. The van der Waals surface area contributed by atoms with E-state index in [1.807, 2.05) is 32.0 Å².